The molecule has 1 heterocycles. The van der Waals surface area contributed by atoms with Crippen molar-refractivity contribution in [3.63, 3.8) is 0 Å². The SMILES string of the molecule is CCCCCC1=CC(CCc2ccccc2)N(c2ccccc2)C=C1C(=O)OCC. The van der Waals surface area contributed by atoms with Gasteiger partial charge in [0.05, 0.1) is 18.2 Å². The Balaban J connectivity index is 1.90. The first-order valence-electron chi connectivity index (χ1n) is 11.2. The molecule has 0 bridgehead atoms. The highest BCUT2D eigenvalue weighted by Gasteiger charge is 2.27. The predicted octanol–water partition coefficient (Wildman–Crippen LogP) is 6.46. The zero-order valence-electron chi connectivity index (χ0n) is 18.2. The van der Waals surface area contributed by atoms with Gasteiger partial charge in [-0.1, -0.05) is 74.4 Å². The van der Waals surface area contributed by atoms with E-state index in [2.05, 4.69) is 60.4 Å². The van der Waals surface area contributed by atoms with Gasteiger partial charge in [-0.3, -0.25) is 0 Å². The van der Waals surface area contributed by atoms with Crippen molar-refractivity contribution in [3.05, 3.63) is 89.6 Å². The normalized spacial score (nSPS) is 16.1. The molecule has 3 rings (SSSR count). The van der Waals surface area contributed by atoms with Crippen molar-refractivity contribution in [2.75, 3.05) is 11.5 Å². The Morgan fingerprint density at radius 3 is 2.30 bits per heavy atom. The number of carbonyl (C=O) groups is 1. The summed E-state index contributed by atoms with van der Waals surface area (Å²) < 4.78 is 5.39. The van der Waals surface area contributed by atoms with Gasteiger partial charge in [0, 0.05) is 11.9 Å². The van der Waals surface area contributed by atoms with E-state index in [4.69, 9.17) is 4.74 Å². The summed E-state index contributed by atoms with van der Waals surface area (Å²) >= 11 is 0. The summed E-state index contributed by atoms with van der Waals surface area (Å²) in [6.45, 7) is 4.46. The summed E-state index contributed by atoms with van der Waals surface area (Å²) in [6.07, 6.45) is 10.7. The number of unbranched alkanes of at least 4 members (excludes halogenated alkanes) is 2. The molecule has 0 fully saturated rings. The third kappa shape index (κ3) is 5.85. The zero-order chi connectivity index (χ0) is 21.2. The molecular weight excluding hydrogens is 370 g/mol. The van der Waals surface area contributed by atoms with Gasteiger partial charge in [0.15, 0.2) is 0 Å². The van der Waals surface area contributed by atoms with E-state index in [1.165, 1.54) is 18.4 Å². The Morgan fingerprint density at radius 2 is 1.63 bits per heavy atom. The van der Waals surface area contributed by atoms with E-state index in [-0.39, 0.29) is 12.0 Å². The second-order valence-corrected chi connectivity index (χ2v) is 7.75. The fourth-order valence-corrected chi connectivity index (χ4v) is 3.94. The predicted molar refractivity (Wildman–Crippen MR) is 124 cm³/mol. The van der Waals surface area contributed by atoms with Gasteiger partial charge in [0.2, 0.25) is 0 Å². The summed E-state index contributed by atoms with van der Waals surface area (Å²) in [5.74, 6) is -0.220. The maximum Gasteiger partial charge on any atom is 0.339 e. The van der Waals surface area contributed by atoms with Crippen molar-refractivity contribution in [2.24, 2.45) is 0 Å². The molecule has 0 spiro atoms. The van der Waals surface area contributed by atoms with Crippen LogP contribution in [0.5, 0.6) is 0 Å². The molecule has 0 amide bonds. The summed E-state index contributed by atoms with van der Waals surface area (Å²) in [5.41, 5.74) is 4.27. The van der Waals surface area contributed by atoms with Gasteiger partial charge in [-0.05, 0) is 55.9 Å². The number of nitrogens with zero attached hydrogens (tertiary/aromatic N) is 1. The van der Waals surface area contributed by atoms with Crippen molar-refractivity contribution in [1.29, 1.82) is 0 Å². The summed E-state index contributed by atoms with van der Waals surface area (Å²) in [7, 11) is 0. The van der Waals surface area contributed by atoms with Crippen LogP contribution in [0.1, 0.15) is 51.5 Å². The molecule has 0 saturated carbocycles. The van der Waals surface area contributed by atoms with E-state index in [1.807, 2.05) is 31.3 Å². The largest absolute Gasteiger partial charge is 0.462 e. The molecule has 1 aliphatic heterocycles. The van der Waals surface area contributed by atoms with E-state index < -0.39 is 0 Å². The first-order chi connectivity index (χ1) is 14.7. The number of aryl methyl sites for hydroxylation is 1. The molecule has 3 heteroatoms. The van der Waals surface area contributed by atoms with Crippen LogP contribution in [0.15, 0.2) is 84.1 Å². The first-order valence-corrected chi connectivity index (χ1v) is 11.2. The fourth-order valence-electron chi connectivity index (χ4n) is 3.94. The van der Waals surface area contributed by atoms with Crippen LogP contribution < -0.4 is 4.90 Å². The van der Waals surface area contributed by atoms with Gasteiger partial charge in [-0.25, -0.2) is 4.79 Å². The van der Waals surface area contributed by atoms with Gasteiger partial charge in [0.25, 0.3) is 0 Å². The lowest BCUT2D eigenvalue weighted by atomic mass is 9.91. The van der Waals surface area contributed by atoms with Gasteiger partial charge >= 0.3 is 5.97 Å². The Bertz CT molecular complexity index is 855. The number of hydrogen-bond donors (Lipinski definition) is 0. The summed E-state index contributed by atoms with van der Waals surface area (Å²) in [5, 5.41) is 0. The summed E-state index contributed by atoms with van der Waals surface area (Å²) in [4.78, 5) is 15.0. The Hall–Kier alpha value is -2.81. The van der Waals surface area contributed by atoms with Crippen molar-refractivity contribution in [1.82, 2.24) is 0 Å². The summed E-state index contributed by atoms with van der Waals surface area (Å²) in [6, 6.07) is 21.1. The second-order valence-electron chi connectivity index (χ2n) is 7.75. The number of rotatable bonds is 10. The monoisotopic (exact) mass is 403 g/mol. The smallest absolute Gasteiger partial charge is 0.339 e. The van der Waals surface area contributed by atoms with Crippen molar-refractivity contribution in [2.45, 2.75) is 58.4 Å². The number of benzene rings is 2. The zero-order valence-corrected chi connectivity index (χ0v) is 18.2. The number of esters is 1. The van der Waals surface area contributed by atoms with E-state index in [0.29, 0.717) is 12.2 Å². The highest BCUT2D eigenvalue weighted by atomic mass is 16.5. The van der Waals surface area contributed by atoms with E-state index in [9.17, 15) is 4.79 Å². The number of hydrogen-bond acceptors (Lipinski definition) is 3. The first kappa shape index (κ1) is 21.9. The van der Waals surface area contributed by atoms with Gasteiger partial charge < -0.3 is 9.64 Å². The molecule has 3 nitrogen and oxygen atoms in total. The van der Waals surface area contributed by atoms with Crippen molar-refractivity contribution in [3.8, 4) is 0 Å². The topological polar surface area (TPSA) is 29.5 Å². The molecular formula is C27H33NO2. The van der Waals surface area contributed by atoms with Gasteiger partial charge in [0.1, 0.15) is 0 Å². The van der Waals surface area contributed by atoms with Crippen LogP contribution >= 0.6 is 0 Å². The molecule has 2 aromatic carbocycles. The fraction of sp³-hybridized carbons (Fsp3) is 0.370. The Morgan fingerprint density at radius 1 is 0.933 bits per heavy atom. The maximum absolute atomic E-state index is 12.7. The van der Waals surface area contributed by atoms with Crippen molar-refractivity contribution < 1.29 is 9.53 Å². The standard InChI is InChI=1S/C27H33NO2/c1-3-5-8-15-23-20-25(19-18-22-13-9-6-10-14-22)28(24-16-11-7-12-17-24)21-26(23)27(29)30-4-2/h6-7,9-14,16-17,20-21,25H,3-5,8,15,18-19H2,1-2H3. The molecule has 2 aromatic rings. The molecule has 0 aliphatic carbocycles. The molecule has 1 unspecified atom stereocenters. The lowest BCUT2D eigenvalue weighted by Crippen LogP contribution is -2.34. The second kappa shape index (κ2) is 11.4. The van der Waals surface area contributed by atoms with Crippen LogP contribution in [0.25, 0.3) is 0 Å². The number of anilines is 1. The number of para-hydroxylation sites is 1. The highest BCUT2D eigenvalue weighted by Crippen LogP contribution is 2.31. The van der Waals surface area contributed by atoms with Crippen molar-refractivity contribution >= 4 is 11.7 Å². The molecule has 30 heavy (non-hydrogen) atoms. The molecule has 1 aliphatic rings. The minimum Gasteiger partial charge on any atom is -0.462 e. The quantitative estimate of drug-likeness (QED) is 0.337. The number of carbonyl (C=O) groups excluding carboxylic acids is 1. The lowest BCUT2D eigenvalue weighted by Gasteiger charge is -2.34. The third-order valence-corrected chi connectivity index (χ3v) is 5.54. The minimum atomic E-state index is -0.220. The van der Waals surface area contributed by atoms with E-state index in [0.717, 1.165) is 36.9 Å². The molecule has 0 saturated heterocycles. The highest BCUT2D eigenvalue weighted by molar-refractivity contribution is 5.94. The molecule has 1 atom stereocenters. The third-order valence-electron chi connectivity index (χ3n) is 5.54. The van der Waals surface area contributed by atoms with Gasteiger partial charge in [-0.2, -0.15) is 0 Å². The van der Waals surface area contributed by atoms with Crippen LogP contribution in [0.2, 0.25) is 0 Å². The molecule has 0 radical (unpaired) electrons. The average molecular weight is 404 g/mol. The minimum absolute atomic E-state index is 0.211. The average Bonchev–Trinajstić information content (AvgIpc) is 2.79. The lowest BCUT2D eigenvalue weighted by molar-refractivity contribution is -0.138. The van der Waals surface area contributed by atoms with Crippen LogP contribution in [-0.2, 0) is 16.0 Å². The van der Waals surface area contributed by atoms with Crippen LogP contribution in [0.4, 0.5) is 5.69 Å². The Labute approximate surface area is 181 Å². The maximum atomic E-state index is 12.7. The molecule has 0 N–H and O–H groups in total. The van der Waals surface area contributed by atoms with Crippen LogP contribution in [-0.4, -0.2) is 18.6 Å². The Kier molecular flexibility index (Phi) is 8.31. The van der Waals surface area contributed by atoms with E-state index >= 15 is 0 Å². The van der Waals surface area contributed by atoms with E-state index in [1.54, 1.807) is 0 Å². The molecule has 158 valence electrons. The van der Waals surface area contributed by atoms with Gasteiger partial charge in [-0.15, -0.1) is 0 Å². The van der Waals surface area contributed by atoms with Crippen LogP contribution in [0, 0.1) is 0 Å². The molecule has 0 aromatic heterocycles. The number of ether oxygens (including phenoxy) is 1. The van der Waals surface area contributed by atoms with Crippen LogP contribution in [0.3, 0.4) is 0 Å².